The average molecular weight is 258 g/mol. The van der Waals surface area contributed by atoms with Crippen LogP contribution in [-0.2, 0) is 9.59 Å². The summed E-state index contributed by atoms with van der Waals surface area (Å²) in [5.41, 5.74) is 0.372. The van der Waals surface area contributed by atoms with E-state index in [0.717, 1.165) is 23.1 Å². The zero-order chi connectivity index (χ0) is 13.0. The molecule has 0 aliphatic carbocycles. The van der Waals surface area contributed by atoms with Gasteiger partial charge in [0.2, 0.25) is 0 Å². The molecule has 0 saturated carbocycles. The molecule has 0 spiro atoms. The van der Waals surface area contributed by atoms with E-state index in [-0.39, 0.29) is 5.02 Å². The highest BCUT2D eigenvalue weighted by atomic mass is 35.5. The predicted molar refractivity (Wildman–Crippen MR) is 61.6 cm³/mol. The quantitative estimate of drug-likeness (QED) is 0.844. The van der Waals surface area contributed by atoms with Gasteiger partial charge in [0.1, 0.15) is 5.82 Å². The third-order valence-corrected chi connectivity index (χ3v) is 2.28. The fourth-order valence-electron chi connectivity index (χ4n) is 1.08. The standard InChI is InChI=1S/C11H9ClFNO3/c1-14(10(15)4-5-11(16)17)7-2-3-9(13)8(12)6-7/h2-6H,1H3,(H,16,17)/b5-4+. The summed E-state index contributed by atoms with van der Waals surface area (Å²) in [5, 5.41) is 8.26. The Balaban J connectivity index is 2.89. The number of benzene rings is 1. The van der Waals surface area contributed by atoms with E-state index < -0.39 is 17.7 Å². The number of rotatable bonds is 3. The number of likely N-dealkylation sites (N-methyl/N-ethyl adjacent to an activating group) is 1. The van der Waals surface area contributed by atoms with Gasteiger partial charge in [-0.2, -0.15) is 0 Å². The van der Waals surface area contributed by atoms with Gasteiger partial charge in [-0.3, -0.25) is 4.79 Å². The van der Waals surface area contributed by atoms with Gasteiger partial charge in [0.05, 0.1) is 5.02 Å². The fraction of sp³-hybridized carbons (Fsp3) is 0.0909. The molecule has 0 heterocycles. The summed E-state index contributed by atoms with van der Waals surface area (Å²) in [5.74, 6) is -2.35. The minimum absolute atomic E-state index is 0.107. The number of aliphatic carboxylic acids is 1. The topological polar surface area (TPSA) is 57.6 Å². The zero-order valence-electron chi connectivity index (χ0n) is 8.85. The molecule has 0 bridgehead atoms. The molecule has 17 heavy (non-hydrogen) atoms. The predicted octanol–water partition coefficient (Wildman–Crippen LogP) is 2.08. The Bertz CT molecular complexity index is 488. The molecule has 0 radical (unpaired) electrons. The number of hydrogen-bond acceptors (Lipinski definition) is 2. The van der Waals surface area contributed by atoms with E-state index in [1.165, 1.54) is 19.2 Å². The van der Waals surface area contributed by atoms with E-state index in [2.05, 4.69) is 0 Å². The second kappa shape index (κ2) is 5.45. The van der Waals surface area contributed by atoms with Crippen LogP contribution in [0.2, 0.25) is 5.02 Å². The molecule has 0 aliphatic heterocycles. The molecule has 0 atom stereocenters. The first-order valence-corrected chi connectivity index (χ1v) is 4.93. The number of halogens is 2. The van der Waals surface area contributed by atoms with Crippen molar-refractivity contribution in [3.05, 3.63) is 41.2 Å². The van der Waals surface area contributed by atoms with Crippen molar-refractivity contribution in [1.29, 1.82) is 0 Å². The molecule has 1 amide bonds. The van der Waals surface area contributed by atoms with Crippen molar-refractivity contribution in [2.75, 3.05) is 11.9 Å². The lowest BCUT2D eigenvalue weighted by molar-refractivity contribution is -0.131. The van der Waals surface area contributed by atoms with Gasteiger partial charge in [0, 0.05) is 24.9 Å². The maximum Gasteiger partial charge on any atom is 0.328 e. The van der Waals surface area contributed by atoms with Crippen LogP contribution in [-0.4, -0.2) is 24.0 Å². The summed E-state index contributed by atoms with van der Waals surface area (Å²) < 4.78 is 12.9. The maximum absolute atomic E-state index is 12.9. The number of carbonyl (C=O) groups is 2. The van der Waals surface area contributed by atoms with Crippen LogP contribution in [0, 0.1) is 5.82 Å². The van der Waals surface area contributed by atoms with Gasteiger partial charge in [-0.1, -0.05) is 11.6 Å². The smallest absolute Gasteiger partial charge is 0.328 e. The van der Waals surface area contributed by atoms with Crippen molar-refractivity contribution >= 4 is 29.2 Å². The van der Waals surface area contributed by atoms with E-state index in [1.54, 1.807) is 0 Å². The minimum atomic E-state index is -1.22. The molecule has 1 rings (SSSR count). The lowest BCUT2D eigenvalue weighted by Crippen LogP contribution is -2.24. The molecule has 4 nitrogen and oxygen atoms in total. The molecule has 0 fully saturated rings. The van der Waals surface area contributed by atoms with Crippen molar-refractivity contribution in [3.8, 4) is 0 Å². The number of carbonyl (C=O) groups excluding carboxylic acids is 1. The molecule has 90 valence electrons. The molecule has 1 aromatic rings. The largest absolute Gasteiger partial charge is 0.478 e. The van der Waals surface area contributed by atoms with Crippen molar-refractivity contribution < 1.29 is 19.1 Å². The van der Waals surface area contributed by atoms with Crippen LogP contribution < -0.4 is 4.90 Å². The Morgan fingerprint density at radius 3 is 2.59 bits per heavy atom. The molecule has 1 N–H and O–H groups in total. The second-order valence-electron chi connectivity index (χ2n) is 3.17. The molecule has 0 aromatic heterocycles. The third-order valence-electron chi connectivity index (χ3n) is 1.99. The van der Waals surface area contributed by atoms with Gasteiger partial charge >= 0.3 is 5.97 Å². The molecule has 0 aliphatic rings. The molecule has 6 heteroatoms. The first-order valence-electron chi connectivity index (χ1n) is 4.55. The van der Waals surface area contributed by atoms with E-state index in [4.69, 9.17) is 16.7 Å². The summed E-state index contributed by atoms with van der Waals surface area (Å²) in [4.78, 5) is 22.9. The zero-order valence-corrected chi connectivity index (χ0v) is 9.61. The molecular formula is C11H9ClFNO3. The lowest BCUT2D eigenvalue weighted by Gasteiger charge is -2.15. The van der Waals surface area contributed by atoms with Crippen molar-refractivity contribution in [2.24, 2.45) is 0 Å². The minimum Gasteiger partial charge on any atom is -0.478 e. The van der Waals surface area contributed by atoms with Gasteiger partial charge in [-0.25, -0.2) is 9.18 Å². The van der Waals surface area contributed by atoms with Crippen LogP contribution in [0.25, 0.3) is 0 Å². The summed E-state index contributed by atoms with van der Waals surface area (Å²) in [6, 6.07) is 3.78. The molecule has 0 saturated heterocycles. The lowest BCUT2D eigenvalue weighted by atomic mass is 10.3. The van der Waals surface area contributed by atoms with Gasteiger partial charge in [-0.15, -0.1) is 0 Å². The van der Waals surface area contributed by atoms with Crippen LogP contribution in [0.5, 0.6) is 0 Å². The second-order valence-corrected chi connectivity index (χ2v) is 3.57. The van der Waals surface area contributed by atoms with Crippen LogP contribution in [0.1, 0.15) is 0 Å². The van der Waals surface area contributed by atoms with Gasteiger partial charge in [0.25, 0.3) is 5.91 Å². The summed E-state index contributed by atoms with van der Waals surface area (Å²) in [7, 11) is 1.43. The van der Waals surface area contributed by atoms with E-state index in [0.29, 0.717) is 5.69 Å². The summed E-state index contributed by atoms with van der Waals surface area (Å²) >= 11 is 5.57. The van der Waals surface area contributed by atoms with Gasteiger partial charge in [0.15, 0.2) is 0 Å². The fourth-order valence-corrected chi connectivity index (χ4v) is 1.25. The number of carboxylic acid groups (broad SMARTS) is 1. The average Bonchev–Trinajstić information content (AvgIpc) is 2.28. The highest BCUT2D eigenvalue weighted by Crippen LogP contribution is 2.21. The van der Waals surface area contributed by atoms with Crippen LogP contribution >= 0.6 is 11.6 Å². The highest BCUT2D eigenvalue weighted by Gasteiger charge is 2.10. The van der Waals surface area contributed by atoms with Crippen LogP contribution in [0.4, 0.5) is 10.1 Å². The van der Waals surface area contributed by atoms with E-state index in [1.807, 2.05) is 0 Å². The van der Waals surface area contributed by atoms with E-state index in [9.17, 15) is 14.0 Å². The van der Waals surface area contributed by atoms with Gasteiger partial charge < -0.3 is 10.0 Å². The van der Waals surface area contributed by atoms with Crippen molar-refractivity contribution in [3.63, 3.8) is 0 Å². The van der Waals surface area contributed by atoms with Gasteiger partial charge in [-0.05, 0) is 18.2 Å². The summed E-state index contributed by atoms with van der Waals surface area (Å²) in [6.07, 6.45) is 1.63. The van der Waals surface area contributed by atoms with Crippen molar-refractivity contribution in [1.82, 2.24) is 0 Å². The number of hydrogen-bond donors (Lipinski definition) is 1. The first-order chi connectivity index (χ1) is 7.91. The monoisotopic (exact) mass is 257 g/mol. The molecule has 0 unspecified atom stereocenters. The summed E-state index contributed by atoms with van der Waals surface area (Å²) in [6.45, 7) is 0. The Morgan fingerprint density at radius 1 is 1.41 bits per heavy atom. The Morgan fingerprint density at radius 2 is 2.06 bits per heavy atom. The molecule has 1 aromatic carbocycles. The molecular weight excluding hydrogens is 249 g/mol. The number of anilines is 1. The first kappa shape index (κ1) is 13.2. The Labute approximate surface area is 102 Å². The maximum atomic E-state index is 12.9. The van der Waals surface area contributed by atoms with Crippen LogP contribution in [0.3, 0.4) is 0 Å². The highest BCUT2D eigenvalue weighted by molar-refractivity contribution is 6.31. The van der Waals surface area contributed by atoms with Crippen molar-refractivity contribution in [2.45, 2.75) is 0 Å². The van der Waals surface area contributed by atoms with E-state index >= 15 is 0 Å². The number of amides is 1. The number of carboxylic acids is 1. The Kier molecular flexibility index (Phi) is 4.23. The Hall–Kier alpha value is -1.88. The third kappa shape index (κ3) is 3.57. The number of nitrogens with zero attached hydrogens (tertiary/aromatic N) is 1. The van der Waals surface area contributed by atoms with Crippen LogP contribution in [0.15, 0.2) is 30.4 Å². The SMILES string of the molecule is CN(C(=O)/C=C/C(=O)O)c1ccc(F)c(Cl)c1. The normalized spacial score (nSPS) is 10.5.